The van der Waals surface area contributed by atoms with Crippen molar-refractivity contribution in [1.29, 1.82) is 0 Å². The van der Waals surface area contributed by atoms with Gasteiger partial charge in [0, 0.05) is 6.54 Å². The summed E-state index contributed by atoms with van der Waals surface area (Å²) in [6.07, 6.45) is 2.94. The molecule has 0 unspecified atom stereocenters. The molecule has 72 valence electrons. The highest BCUT2D eigenvalue weighted by atomic mass is 16.3. The number of rotatable bonds is 5. The first-order chi connectivity index (χ1) is 5.42. The molecule has 0 aliphatic rings. The van der Waals surface area contributed by atoms with Crippen LogP contribution in [0.15, 0.2) is 11.6 Å². The number of hydrogen-bond donors (Lipinski definition) is 2. The molecule has 2 N–H and O–H groups in total. The number of nitrogens with one attached hydrogen (secondary N) is 1. The third-order valence-electron chi connectivity index (χ3n) is 1.57. The Morgan fingerprint density at radius 3 is 2.42 bits per heavy atom. The molecule has 0 radical (unpaired) electrons. The second-order valence-electron chi connectivity index (χ2n) is 4.05. The first-order valence-corrected chi connectivity index (χ1v) is 4.48. The van der Waals surface area contributed by atoms with Gasteiger partial charge >= 0.3 is 0 Å². The Bertz CT molecular complexity index is 140. The standard InChI is InChI=1S/C10H21NO/c1-9(2)5-7-11-8-6-10(3,4)12/h5,11-12H,6-8H2,1-4H3. The Kier molecular flexibility index (Phi) is 5.18. The first-order valence-electron chi connectivity index (χ1n) is 4.48. The summed E-state index contributed by atoms with van der Waals surface area (Å²) < 4.78 is 0. The molecule has 0 aromatic heterocycles. The van der Waals surface area contributed by atoms with Gasteiger partial charge < -0.3 is 10.4 Å². The van der Waals surface area contributed by atoms with Gasteiger partial charge in [-0.1, -0.05) is 11.6 Å². The summed E-state index contributed by atoms with van der Waals surface area (Å²) in [6, 6.07) is 0. The van der Waals surface area contributed by atoms with E-state index in [9.17, 15) is 5.11 Å². The van der Waals surface area contributed by atoms with Crippen molar-refractivity contribution in [3.05, 3.63) is 11.6 Å². The monoisotopic (exact) mass is 171 g/mol. The molecule has 0 aliphatic carbocycles. The molecule has 0 bridgehead atoms. The van der Waals surface area contributed by atoms with Crippen LogP contribution >= 0.6 is 0 Å². The summed E-state index contributed by atoms with van der Waals surface area (Å²) in [5.74, 6) is 0. The molecule has 0 aliphatic heterocycles. The lowest BCUT2D eigenvalue weighted by molar-refractivity contribution is 0.0715. The minimum atomic E-state index is -0.544. The summed E-state index contributed by atoms with van der Waals surface area (Å²) >= 11 is 0. The van der Waals surface area contributed by atoms with Crippen molar-refractivity contribution in [2.45, 2.75) is 39.7 Å². The molecule has 0 atom stereocenters. The van der Waals surface area contributed by atoms with Crippen LogP contribution in [0.2, 0.25) is 0 Å². The average molecular weight is 171 g/mol. The highest BCUT2D eigenvalue weighted by Gasteiger charge is 2.10. The Labute approximate surface area is 75.7 Å². The van der Waals surface area contributed by atoms with Crippen molar-refractivity contribution in [1.82, 2.24) is 5.32 Å². The Morgan fingerprint density at radius 2 is 2.00 bits per heavy atom. The molecule has 0 fully saturated rings. The van der Waals surface area contributed by atoms with E-state index >= 15 is 0 Å². The molecule has 0 rings (SSSR count). The molecule has 0 saturated heterocycles. The Hall–Kier alpha value is -0.340. The fourth-order valence-electron chi connectivity index (χ4n) is 0.773. The van der Waals surface area contributed by atoms with Crippen LogP contribution in [0, 0.1) is 0 Å². The van der Waals surface area contributed by atoms with Gasteiger partial charge in [0.15, 0.2) is 0 Å². The number of aliphatic hydroxyl groups is 1. The second-order valence-corrected chi connectivity index (χ2v) is 4.05. The average Bonchev–Trinajstić information content (AvgIpc) is 1.83. The van der Waals surface area contributed by atoms with E-state index in [0.717, 1.165) is 19.5 Å². The molecule has 0 aromatic rings. The molecule has 0 spiro atoms. The molecule has 0 saturated carbocycles. The number of hydrogen-bond acceptors (Lipinski definition) is 2. The van der Waals surface area contributed by atoms with E-state index in [1.807, 2.05) is 13.8 Å². The smallest absolute Gasteiger partial charge is 0.0603 e. The third-order valence-corrected chi connectivity index (χ3v) is 1.57. The number of allylic oxidation sites excluding steroid dienone is 1. The van der Waals surface area contributed by atoms with Gasteiger partial charge in [-0.25, -0.2) is 0 Å². The van der Waals surface area contributed by atoms with Crippen LogP contribution in [0.5, 0.6) is 0 Å². The summed E-state index contributed by atoms with van der Waals surface area (Å²) in [6.45, 7) is 9.59. The van der Waals surface area contributed by atoms with E-state index in [2.05, 4.69) is 25.2 Å². The van der Waals surface area contributed by atoms with Gasteiger partial charge in [0.2, 0.25) is 0 Å². The topological polar surface area (TPSA) is 32.3 Å². The van der Waals surface area contributed by atoms with Crippen molar-refractivity contribution in [3.63, 3.8) is 0 Å². The lowest BCUT2D eigenvalue weighted by Gasteiger charge is -2.16. The zero-order valence-electron chi connectivity index (χ0n) is 8.65. The van der Waals surface area contributed by atoms with Crippen molar-refractivity contribution >= 4 is 0 Å². The fourth-order valence-corrected chi connectivity index (χ4v) is 0.773. The predicted molar refractivity (Wildman–Crippen MR) is 53.2 cm³/mol. The normalized spacial score (nSPS) is 11.4. The zero-order chi connectivity index (χ0) is 9.61. The first kappa shape index (κ1) is 11.7. The summed E-state index contributed by atoms with van der Waals surface area (Å²) in [7, 11) is 0. The van der Waals surface area contributed by atoms with Gasteiger partial charge in [0.1, 0.15) is 0 Å². The largest absolute Gasteiger partial charge is 0.390 e. The molecular formula is C10H21NO. The van der Waals surface area contributed by atoms with Crippen LogP contribution in [-0.2, 0) is 0 Å². The van der Waals surface area contributed by atoms with Gasteiger partial charge in [0.05, 0.1) is 5.60 Å². The van der Waals surface area contributed by atoms with Gasteiger partial charge in [-0.15, -0.1) is 0 Å². The molecule has 0 heterocycles. The van der Waals surface area contributed by atoms with Crippen LogP contribution < -0.4 is 5.32 Å². The van der Waals surface area contributed by atoms with Gasteiger partial charge in [0.25, 0.3) is 0 Å². The molecule has 2 nitrogen and oxygen atoms in total. The Morgan fingerprint density at radius 1 is 1.42 bits per heavy atom. The van der Waals surface area contributed by atoms with E-state index in [1.165, 1.54) is 5.57 Å². The molecule has 0 amide bonds. The highest BCUT2D eigenvalue weighted by Crippen LogP contribution is 2.04. The zero-order valence-corrected chi connectivity index (χ0v) is 8.65. The van der Waals surface area contributed by atoms with Crippen molar-refractivity contribution in [2.24, 2.45) is 0 Å². The van der Waals surface area contributed by atoms with E-state index in [1.54, 1.807) is 0 Å². The van der Waals surface area contributed by atoms with E-state index in [-0.39, 0.29) is 0 Å². The van der Waals surface area contributed by atoms with Crippen molar-refractivity contribution < 1.29 is 5.11 Å². The van der Waals surface area contributed by atoms with Gasteiger partial charge in [-0.05, 0) is 40.7 Å². The van der Waals surface area contributed by atoms with Crippen molar-refractivity contribution in [3.8, 4) is 0 Å². The van der Waals surface area contributed by atoms with Crippen molar-refractivity contribution in [2.75, 3.05) is 13.1 Å². The minimum absolute atomic E-state index is 0.544. The van der Waals surface area contributed by atoms with Crippen LogP contribution in [0.25, 0.3) is 0 Å². The summed E-state index contributed by atoms with van der Waals surface area (Å²) in [4.78, 5) is 0. The maximum atomic E-state index is 9.37. The highest BCUT2D eigenvalue weighted by molar-refractivity contribution is 4.94. The maximum Gasteiger partial charge on any atom is 0.0603 e. The molecule has 2 heteroatoms. The lowest BCUT2D eigenvalue weighted by atomic mass is 10.1. The van der Waals surface area contributed by atoms with Crippen LogP contribution in [0.1, 0.15) is 34.1 Å². The SMILES string of the molecule is CC(C)=CCNCCC(C)(C)O. The fraction of sp³-hybridized carbons (Fsp3) is 0.800. The summed E-state index contributed by atoms with van der Waals surface area (Å²) in [5, 5.41) is 12.6. The van der Waals surface area contributed by atoms with E-state index in [4.69, 9.17) is 0 Å². The quantitative estimate of drug-likeness (QED) is 0.487. The predicted octanol–water partition coefficient (Wildman–Crippen LogP) is 1.70. The van der Waals surface area contributed by atoms with E-state index in [0.29, 0.717) is 0 Å². The molecule has 12 heavy (non-hydrogen) atoms. The Balaban J connectivity index is 3.29. The van der Waals surface area contributed by atoms with Crippen LogP contribution in [-0.4, -0.2) is 23.8 Å². The molecular weight excluding hydrogens is 150 g/mol. The molecule has 0 aromatic carbocycles. The minimum Gasteiger partial charge on any atom is -0.390 e. The summed E-state index contributed by atoms with van der Waals surface area (Å²) in [5.41, 5.74) is 0.781. The van der Waals surface area contributed by atoms with E-state index < -0.39 is 5.60 Å². The lowest BCUT2D eigenvalue weighted by Crippen LogP contribution is -2.26. The van der Waals surface area contributed by atoms with Gasteiger partial charge in [-0.2, -0.15) is 0 Å². The maximum absolute atomic E-state index is 9.37. The van der Waals surface area contributed by atoms with Gasteiger partial charge in [-0.3, -0.25) is 0 Å². The van der Waals surface area contributed by atoms with Crippen LogP contribution in [0.3, 0.4) is 0 Å². The van der Waals surface area contributed by atoms with Crippen LogP contribution in [0.4, 0.5) is 0 Å². The second kappa shape index (κ2) is 5.33. The third kappa shape index (κ3) is 9.66.